The van der Waals surface area contributed by atoms with E-state index in [1.807, 2.05) is 18.2 Å². The van der Waals surface area contributed by atoms with E-state index in [0.717, 1.165) is 44.9 Å². The van der Waals surface area contributed by atoms with E-state index in [-0.39, 0.29) is 0 Å². The summed E-state index contributed by atoms with van der Waals surface area (Å²) in [6, 6.07) is 53.3. The number of fused-ring (bicyclic) bond motifs is 2. The highest BCUT2D eigenvalue weighted by Gasteiger charge is 2.13. The minimum atomic E-state index is 0.885. The van der Waals surface area contributed by atoms with Crippen LogP contribution in [0, 0.1) is 0 Å². The Morgan fingerprint density at radius 3 is 1.84 bits per heavy atom. The van der Waals surface area contributed by atoms with Gasteiger partial charge in [0.2, 0.25) is 0 Å². The fourth-order valence-corrected chi connectivity index (χ4v) is 5.12. The Kier molecular flexibility index (Phi) is 5.49. The molecule has 38 heavy (non-hydrogen) atoms. The fraction of sp³-hybridized carbons (Fsp3) is 0. The van der Waals surface area contributed by atoms with Crippen LogP contribution in [-0.2, 0) is 0 Å². The minimum absolute atomic E-state index is 0.885. The maximum absolute atomic E-state index is 6.12. The average molecular weight is 488 g/mol. The Labute approximate surface area is 222 Å². The van der Waals surface area contributed by atoms with Gasteiger partial charge in [0, 0.05) is 28.0 Å². The second-order valence-electron chi connectivity index (χ2n) is 9.48. The van der Waals surface area contributed by atoms with Gasteiger partial charge in [0.25, 0.3) is 0 Å². The predicted molar refractivity (Wildman–Crippen MR) is 159 cm³/mol. The van der Waals surface area contributed by atoms with Crippen LogP contribution in [0.2, 0.25) is 0 Å². The molecule has 0 fully saturated rings. The summed E-state index contributed by atoms with van der Waals surface area (Å²) < 4.78 is 6.12. The molecule has 0 saturated heterocycles. The lowest BCUT2D eigenvalue weighted by Gasteiger charge is -2.26. The van der Waals surface area contributed by atoms with Crippen molar-refractivity contribution in [2.45, 2.75) is 0 Å². The molecule has 7 rings (SSSR count). The van der Waals surface area contributed by atoms with Gasteiger partial charge in [-0.05, 0) is 76.5 Å². The van der Waals surface area contributed by atoms with Gasteiger partial charge >= 0.3 is 0 Å². The third-order valence-corrected chi connectivity index (χ3v) is 7.04. The van der Waals surface area contributed by atoms with Crippen molar-refractivity contribution in [1.82, 2.24) is 0 Å². The topological polar surface area (TPSA) is 16.4 Å². The van der Waals surface area contributed by atoms with Crippen LogP contribution in [-0.4, -0.2) is 0 Å². The molecule has 0 bridgehead atoms. The third-order valence-electron chi connectivity index (χ3n) is 7.04. The lowest BCUT2D eigenvalue weighted by atomic mass is 10.0. The first-order valence-corrected chi connectivity index (χ1v) is 12.9. The van der Waals surface area contributed by atoms with Gasteiger partial charge in [-0.15, -0.1) is 0 Å². The first kappa shape index (κ1) is 22.1. The van der Waals surface area contributed by atoms with Gasteiger partial charge in [-0.25, -0.2) is 0 Å². The zero-order valence-electron chi connectivity index (χ0n) is 20.8. The van der Waals surface area contributed by atoms with Gasteiger partial charge in [0.05, 0.1) is 0 Å². The van der Waals surface area contributed by atoms with Crippen LogP contribution in [0.4, 0.5) is 17.1 Å². The molecular formula is C36H25NO. The highest BCUT2D eigenvalue weighted by atomic mass is 16.3. The number of furan rings is 1. The molecule has 1 aromatic heterocycles. The lowest BCUT2D eigenvalue weighted by molar-refractivity contribution is 0.631. The van der Waals surface area contributed by atoms with Crippen LogP contribution in [0.25, 0.3) is 44.2 Å². The van der Waals surface area contributed by atoms with Gasteiger partial charge in [-0.2, -0.15) is 0 Å². The molecule has 0 unspecified atom stereocenters. The van der Waals surface area contributed by atoms with E-state index in [4.69, 9.17) is 4.42 Å². The molecule has 0 saturated carbocycles. The number of benzene rings is 6. The van der Waals surface area contributed by atoms with E-state index in [1.165, 1.54) is 16.3 Å². The molecule has 2 heteroatoms. The number of para-hydroxylation sites is 2. The van der Waals surface area contributed by atoms with Crippen LogP contribution in [0.5, 0.6) is 0 Å². The number of rotatable bonds is 5. The predicted octanol–water partition coefficient (Wildman–Crippen LogP) is 10.4. The van der Waals surface area contributed by atoms with Crippen molar-refractivity contribution in [1.29, 1.82) is 0 Å². The molecule has 0 amide bonds. The largest absolute Gasteiger partial charge is 0.456 e. The molecule has 0 aliphatic rings. The second-order valence-corrected chi connectivity index (χ2v) is 9.48. The van der Waals surface area contributed by atoms with E-state index in [9.17, 15) is 0 Å². The molecule has 0 atom stereocenters. The molecule has 6 aromatic carbocycles. The minimum Gasteiger partial charge on any atom is -0.456 e. The second kappa shape index (κ2) is 9.42. The van der Waals surface area contributed by atoms with Crippen molar-refractivity contribution in [3.8, 4) is 22.5 Å². The molecule has 2 nitrogen and oxygen atoms in total. The van der Waals surface area contributed by atoms with Crippen molar-refractivity contribution in [2.24, 2.45) is 0 Å². The molecule has 180 valence electrons. The standard InChI is InChI=1S/C36H25NO/c1-2-14-32(15-3-1)37(34-22-19-26-9-4-5-10-29(26)24-34)33-20-17-27(18-21-33)28-12-8-13-30(23-28)36-25-31-11-6-7-16-35(31)38-36/h1-25H. The smallest absolute Gasteiger partial charge is 0.135 e. The van der Waals surface area contributed by atoms with Crippen molar-refractivity contribution in [2.75, 3.05) is 4.90 Å². The molecule has 0 aliphatic carbocycles. The summed E-state index contributed by atoms with van der Waals surface area (Å²) in [5, 5.41) is 3.58. The number of hydrogen-bond donors (Lipinski definition) is 0. The Hall–Kier alpha value is -5.08. The van der Waals surface area contributed by atoms with Crippen LogP contribution in [0.1, 0.15) is 0 Å². The van der Waals surface area contributed by atoms with Crippen molar-refractivity contribution >= 4 is 38.8 Å². The molecule has 0 aliphatic heterocycles. The van der Waals surface area contributed by atoms with Crippen LogP contribution >= 0.6 is 0 Å². The SMILES string of the molecule is c1ccc(N(c2ccc(-c3cccc(-c4cc5ccccc5o4)c3)cc2)c2ccc3ccccc3c2)cc1. The molecule has 0 N–H and O–H groups in total. The summed E-state index contributed by atoms with van der Waals surface area (Å²) >= 11 is 0. The van der Waals surface area contributed by atoms with Gasteiger partial charge < -0.3 is 9.32 Å². The summed E-state index contributed by atoms with van der Waals surface area (Å²) in [6.07, 6.45) is 0. The maximum atomic E-state index is 6.12. The summed E-state index contributed by atoms with van der Waals surface area (Å²) in [7, 11) is 0. The summed E-state index contributed by atoms with van der Waals surface area (Å²) in [6.45, 7) is 0. The molecule has 0 radical (unpaired) electrons. The average Bonchev–Trinajstić information content (AvgIpc) is 3.43. The molecule has 1 heterocycles. The summed E-state index contributed by atoms with van der Waals surface area (Å²) in [5.74, 6) is 0.885. The van der Waals surface area contributed by atoms with Crippen molar-refractivity contribution < 1.29 is 4.42 Å². The zero-order chi connectivity index (χ0) is 25.3. The van der Waals surface area contributed by atoms with E-state index in [2.05, 4.69) is 138 Å². The van der Waals surface area contributed by atoms with E-state index in [0.29, 0.717) is 0 Å². The monoisotopic (exact) mass is 487 g/mol. The van der Waals surface area contributed by atoms with E-state index in [1.54, 1.807) is 0 Å². The first-order valence-electron chi connectivity index (χ1n) is 12.9. The number of hydrogen-bond acceptors (Lipinski definition) is 2. The Bertz CT molecular complexity index is 1830. The Balaban J connectivity index is 1.26. The number of anilines is 3. The normalized spacial score (nSPS) is 11.2. The highest BCUT2D eigenvalue weighted by molar-refractivity contribution is 5.89. The van der Waals surface area contributed by atoms with E-state index < -0.39 is 0 Å². The van der Waals surface area contributed by atoms with Crippen molar-refractivity contribution in [3.63, 3.8) is 0 Å². The quantitative estimate of drug-likeness (QED) is 0.240. The van der Waals surface area contributed by atoms with Crippen LogP contribution < -0.4 is 4.90 Å². The van der Waals surface area contributed by atoms with Crippen molar-refractivity contribution in [3.05, 3.63) is 152 Å². The van der Waals surface area contributed by atoms with Gasteiger partial charge in [0.15, 0.2) is 0 Å². The molecule has 0 spiro atoms. The lowest BCUT2D eigenvalue weighted by Crippen LogP contribution is -2.09. The van der Waals surface area contributed by atoms with Gasteiger partial charge in [-0.3, -0.25) is 0 Å². The van der Waals surface area contributed by atoms with Crippen LogP contribution in [0.3, 0.4) is 0 Å². The maximum Gasteiger partial charge on any atom is 0.135 e. The zero-order valence-corrected chi connectivity index (χ0v) is 20.8. The first-order chi connectivity index (χ1) is 18.8. The Morgan fingerprint density at radius 2 is 1.03 bits per heavy atom. The number of nitrogens with zero attached hydrogens (tertiary/aromatic N) is 1. The summed E-state index contributed by atoms with van der Waals surface area (Å²) in [4.78, 5) is 2.31. The van der Waals surface area contributed by atoms with Gasteiger partial charge in [0.1, 0.15) is 11.3 Å². The van der Waals surface area contributed by atoms with E-state index >= 15 is 0 Å². The highest BCUT2D eigenvalue weighted by Crippen LogP contribution is 2.37. The third kappa shape index (κ3) is 4.12. The summed E-state index contributed by atoms with van der Waals surface area (Å²) in [5.41, 5.74) is 7.68. The van der Waals surface area contributed by atoms with Gasteiger partial charge in [-0.1, -0.05) is 97.1 Å². The van der Waals surface area contributed by atoms with Crippen LogP contribution in [0.15, 0.2) is 156 Å². The fourth-order valence-electron chi connectivity index (χ4n) is 5.12. The molecular weight excluding hydrogens is 462 g/mol. The Morgan fingerprint density at radius 1 is 0.368 bits per heavy atom. The molecule has 7 aromatic rings.